The number of hydrogen-bond donors (Lipinski definition) is 1. The van der Waals surface area contributed by atoms with Crippen molar-refractivity contribution < 1.29 is 0 Å². The van der Waals surface area contributed by atoms with Crippen molar-refractivity contribution in [2.24, 2.45) is 5.92 Å². The van der Waals surface area contributed by atoms with Crippen LogP contribution in [0.2, 0.25) is 0 Å². The smallest absolute Gasteiger partial charge is 0.0199 e. The second kappa shape index (κ2) is 6.96. The number of nitrogens with one attached hydrogen (secondary N) is 1. The molecule has 0 heterocycles. The molecule has 1 heteroatoms. The van der Waals surface area contributed by atoms with E-state index in [4.69, 9.17) is 0 Å². The van der Waals surface area contributed by atoms with Crippen molar-refractivity contribution in [3.63, 3.8) is 0 Å². The molecule has 0 bridgehead atoms. The van der Waals surface area contributed by atoms with Crippen LogP contribution in [0.1, 0.15) is 34.1 Å². The highest BCUT2D eigenvalue weighted by atomic mass is 14.9. The molecule has 1 N–H and O–H groups in total. The van der Waals surface area contributed by atoms with Crippen LogP contribution in [-0.2, 0) is 0 Å². The maximum absolute atomic E-state index is 3.21. The number of hydrogen-bond acceptors (Lipinski definition) is 1. The predicted molar refractivity (Wildman–Crippen MR) is 56.0 cm³/mol. The second-order valence-electron chi connectivity index (χ2n) is 3.45. The van der Waals surface area contributed by atoms with Crippen molar-refractivity contribution in [1.82, 2.24) is 5.32 Å². The Balaban J connectivity index is 3.52. The highest BCUT2D eigenvalue weighted by Gasteiger charge is 1.87. The Bertz CT molecular complexity index is 145. The summed E-state index contributed by atoms with van der Waals surface area (Å²) in [6, 6.07) is 0.526. The predicted octanol–water partition coefficient (Wildman–Crippen LogP) is 3.10. The molecular weight excluding hydrogens is 146 g/mol. The van der Waals surface area contributed by atoms with Gasteiger partial charge < -0.3 is 5.32 Å². The van der Waals surface area contributed by atoms with Crippen LogP contribution in [0.15, 0.2) is 24.4 Å². The van der Waals surface area contributed by atoms with Crippen LogP contribution in [0.25, 0.3) is 0 Å². The van der Waals surface area contributed by atoms with Gasteiger partial charge >= 0.3 is 0 Å². The minimum Gasteiger partial charge on any atom is -0.389 e. The van der Waals surface area contributed by atoms with Gasteiger partial charge in [-0.2, -0.15) is 0 Å². The Morgan fingerprint density at radius 2 is 1.83 bits per heavy atom. The molecule has 0 aromatic carbocycles. The molecule has 0 aliphatic carbocycles. The molecule has 0 spiro atoms. The Kier molecular flexibility index (Phi) is 6.54. The Morgan fingerprint density at radius 3 is 2.33 bits per heavy atom. The van der Waals surface area contributed by atoms with Gasteiger partial charge in [0.15, 0.2) is 0 Å². The van der Waals surface area contributed by atoms with Gasteiger partial charge in [-0.15, -0.1) is 0 Å². The second-order valence-corrected chi connectivity index (χ2v) is 3.45. The fourth-order valence-corrected chi connectivity index (χ4v) is 0.693. The molecular formula is C11H21N. The Morgan fingerprint density at radius 1 is 1.17 bits per heavy atom. The molecule has 0 saturated carbocycles. The zero-order valence-electron chi connectivity index (χ0n) is 8.67. The Labute approximate surface area is 76.6 Å². The van der Waals surface area contributed by atoms with Gasteiger partial charge in [0, 0.05) is 6.04 Å². The van der Waals surface area contributed by atoms with Crippen LogP contribution in [0, 0.1) is 5.92 Å². The quantitative estimate of drug-likeness (QED) is 0.620. The third-order valence-corrected chi connectivity index (χ3v) is 1.72. The first-order valence-corrected chi connectivity index (χ1v) is 4.76. The van der Waals surface area contributed by atoms with E-state index < -0.39 is 0 Å². The summed E-state index contributed by atoms with van der Waals surface area (Å²) in [5, 5.41) is 3.21. The number of rotatable bonds is 5. The summed E-state index contributed by atoms with van der Waals surface area (Å²) in [7, 11) is 0. The fraction of sp³-hybridized carbons (Fsp3) is 0.636. The lowest BCUT2D eigenvalue weighted by atomic mass is 10.1. The monoisotopic (exact) mass is 167 g/mol. The average molecular weight is 167 g/mol. The zero-order valence-corrected chi connectivity index (χ0v) is 8.67. The summed E-state index contributed by atoms with van der Waals surface area (Å²) in [6.45, 7) is 8.68. The molecule has 1 unspecified atom stereocenters. The highest BCUT2D eigenvalue weighted by molar-refractivity contribution is 5.03. The van der Waals surface area contributed by atoms with E-state index in [2.05, 4.69) is 45.2 Å². The van der Waals surface area contributed by atoms with Crippen LogP contribution < -0.4 is 5.32 Å². The van der Waals surface area contributed by atoms with Crippen LogP contribution >= 0.6 is 0 Å². The fourth-order valence-electron chi connectivity index (χ4n) is 0.693. The summed E-state index contributed by atoms with van der Waals surface area (Å²) in [5.74, 6) is 0.689. The van der Waals surface area contributed by atoms with Crippen molar-refractivity contribution in [2.45, 2.75) is 40.2 Å². The first kappa shape index (κ1) is 11.3. The summed E-state index contributed by atoms with van der Waals surface area (Å²) < 4.78 is 0. The summed E-state index contributed by atoms with van der Waals surface area (Å²) in [6.07, 6.45) is 9.57. The molecule has 0 saturated heterocycles. The van der Waals surface area contributed by atoms with Crippen molar-refractivity contribution in [2.75, 3.05) is 0 Å². The molecule has 70 valence electrons. The molecule has 0 amide bonds. The van der Waals surface area contributed by atoms with E-state index in [0.29, 0.717) is 12.0 Å². The molecule has 0 rings (SSSR count). The molecule has 0 fully saturated rings. The van der Waals surface area contributed by atoms with Gasteiger partial charge in [0.2, 0.25) is 0 Å². The largest absolute Gasteiger partial charge is 0.389 e. The van der Waals surface area contributed by atoms with Gasteiger partial charge in [-0.05, 0) is 32.0 Å². The van der Waals surface area contributed by atoms with E-state index in [0.717, 1.165) is 0 Å². The van der Waals surface area contributed by atoms with Crippen molar-refractivity contribution in [3.05, 3.63) is 24.4 Å². The summed E-state index contributed by atoms with van der Waals surface area (Å²) in [5.41, 5.74) is 0. The standard InChI is InChI=1S/C11H21N/c1-5-11(4)8-6-7-9-12-10(2)3/h6-12H,5H2,1-4H3/b8-6-,9-7-. The summed E-state index contributed by atoms with van der Waals surface area (Å²) in [4.78, 5) is 0. The van der Waals surface area contributed by atoms with Crippen LogP contribution in [-0.4, -0.2) is 6.04 Å². The lowest BCUT2D eigenvalue weighted by Crippen LogP contribution is -2.14. The molecule has 0 radical (unpaired) electrons. The normalized spacial score (nSPS) is 14.8. The lowest BCUT2D eigenvalue weighted by Gasteiger charge is -2.01. The van der Waals surface area contributed by atoms with Gasteiger partial charge in [0.05, 0.1) is 0 Å². The maximum Gasteiger partial charge on any atom is 0.0199 e. The van der Waals surface area contributed by atoms with Gasteiger partial charge in [-0.3, -0.25) is 0 Å². The van der Waals surface area contributed by atoms with Crippen molar-refractivity contribution >= 4 is 0 Å². The van der Waals surface area contributed by atoms with E-state index in [1.54, 1.807) is 0 Å². The highest BCUT2D eigenvalue weighted by Crippen LogP contribution is 2.01. The van der Waals surface area contributed by atoms with Gasteiger partial charge in [-0.1, -0.05) is 32.4 Å². The maximum atomic E-state index is 3.21. The molecule has 0 aromatic heterocycles. The van der Waals surface area contributed by atoms with E-state index in [-0.39, 0.29) is 0 Å². The zero-order chi connectivity index (χ0) is 9.40. The third-order valence-electron chi connectivity index (χ3n) is 1.72. The average Bonchev–Trinajstić information content (AvgIpc) is 2.03. The minimum atomic E-state index is 0.526. The molecule has 0 aromatic rings. The van der Waals surface area contributed by atoms with Crippen LogP contribution in [0.3, 0.4) is 0 Å². The number of allylic oxidation sites excluding steroid dienone is 3. The van der Waals surface area contributed by atoms with Crippen LogP contribution in [0.4, 0.5) is 0 Å². The summed E-state index contributed by atoms with van der Waals surface area (Å²) >= 11 is 0. The van der Waals surface area contributed by atoms with Gasteiger partial charge in [0.25, 0.3) is 0 Å². The van der Waals surface area contributed by atoms with Gasteiger partial charge in [-0.25, -0.2) is 0 Å². The molecule has 1 atom stereocenters. The van der Waals surface area contributed by atoms with Crippen molar-refractivity contribution in [3.8, 4) is 0 Å². The van der Waals surface area contributed by atoms with Crippen LogP contribution in [0.5, 0.6) is 0 Å². The third kappa shape index (κ3) is 7.39. The molecule has 0 aliphatic rings. The molecule has 0 aliphatic heterocycles. The lowest BCUT2D eigenvalue weighted by molar-refractivity contribution is 0.696. The minimum absolute atomic E-state index is 0.526. The molecule has 1 nitrogen and oxygen atoms in total. The van der Waals surface area contributed by atoms with E-state index >= 15 is 0 Å². The SMILES string of the molecule is CCC(C)/C=C\C=C/NC(C)C. The first-order valence-electron chi connectivity index (χ1n) is 4.76. The topological polar surface area (TPSA) is 12.0 Å². The van der Waals surface area contributed by atoms with E-state index in [1.807, 2.05) is 12.3 Å². The Hall–Kier alpha value is -0.720. The van der Waals surface area contributed by atoms with E-state index in [1.165, 1.54) is 6.42 Å². The van der Waals surface area contributed by atoms with E-state index in [9.17, 15) is 0 Å². The molecule has 12 heavy (non-hydrogen) atoms. The van der Waals surface area contributed by atoms with Gasteiger partial charge in [0.1, 0.15) is 0 Å². The van der Waals surface area contributed by atoms with Crippen molar-refractivity contribution in [1.29, 1.82) is 0 Å². The first-order chi connectivity index (χ1) is 5.66.